The summed E-state index contributed by atoms with van der Waals surface area (Å²) in [5, 5.41) is 46.9. The summed E-state index contributed by atoms with van der Waals surface area (Å²) in [4.78, 5) is 117. The van der Waals surface area contributed by atoms with Gasteiger partial charge in [-0.05, 0) is 19.4 Å². The van der Waals surface area contributed by atoms with E-state index in [2.05, 4.69) is 43.8 Å². The summed E-state index contributed by atoms with van der Waals surface area (Å²) in [6.07, 6.45) is -1.81. The van der Waals surface area contributed by atoms with Crippen molar-refractivity contribution in [1.29, 1.82) is 0 Å². The monoisotopic (exact) mass is 947 g/mol. The van der Waals surface area contributed by atoms with Crippen molar-refractivity contribution < 1.29 is 63.0 Å². The zero-order valence-electron chi connectivity index (χ0n) is 36.7. The fourth-order valence-corrected chi connectivity index (χ4v) is 7.76. The molecule has 10 atom stereocenters. The van der Waals surface area contributed by atoms with Crippen LogP contribution in [0.25, 0.3) is 0 Å². The number of primary amides is 2. The van der Waals surface area contributed by atoms with Crippen LogP contribution in [-0.2, 0) is 54.3 Å². The summed E-state index contributed by atoms with van der Waals surface area (Å²) in [5.74, 6) is -9.34. The van der Waals surface area contributed by atoms with Crippen LogP contribution in [0.2, 0.25) is 0 Å². The van der Waals surface area contributed by atoms with Gasteiger partial charge in [0.05, 0.1) is 38.3 Å². The SMILES string of the molecule is C=C(N/C(C)=C\CSCCN)[S+]([O-])C[C@H](NC(=O)CNC(=O)[C@@H](NC(=O)CNC(C)=O)[C@@H](C)CC)C(=O)N[C@@H](CC(N)=O)C(=O)N1C[C@H](O)C[C@H]1C(=O)N[C@H](C(N)=O)[C@@H](C)[C@@H](O)CO. The lowest BCUT2D eigenvalue weighted by Gasteiger charge is -2.31. The minimum absolute atomic E-state index is 0.0795. The first-order valence-electron chi connectivity index (χ1n) is 20.3. The van der Waals surface area contributed by atoms with Crippen molar-refractivity contribution in [2.45, 2.75) is 96.3 Å². The Morgan fingerprint density at radius 2 is 1.56 bits per heavy atom. The van der Waals surface area contributed by atoms with E-state index in [1.165, 1.54) is 25.6 Å². The summed E-state index contributed by atoms with van der Waals surface area (Å²) < 4.78 is 13.6. The highest BCUT2D eigenvalue weighted by molar-refractivity contribution is 7.99. The van der Waals surface area contributed by atoms with Crippen molar-refractivity contribution in [1.82, 2.24) is 42.1 Å². The molecule has 64 heavy (non-hydrogen) atoms. The Labute approximate surface area is 379 Å². The zero-order chi connectivity index (χ0) is 48.8. The Balaban J connectivity index is 3.44. The van der Waals surface area contributed by atoms with Crippen molar-refractivity contribution in [3.63, 3.8) is 0 Å². The molecule has 1 saturated heterocycles. The van der Waals surface area contributed by atoms with Crippen LogP contribution in [-0.4, -0.2) is 170 Å². The van der Waals surface area contributed by atoms with Gasteiger partial charge < -0.3 is 79.2 Å². The zero-order valence-corrected chi connectivity index (χ0v) is 38.3. The number of amides is 9. The van der Waals surface area contributed by atoms with Gasteiger partial charge in [0, 0.05) is 60.7 Å². The lowest BCUT2D eigenvalue weighted by Crippen LogP contribution is -2.60. The Morgan fingerprint density at radius 3 is 2.12 bits per heavy atom. The van der Waals surface area contributed by atoms with E-state index in [-0.39, 0.29) is 11.4 Å². The molecule has 1 heterocycles. The van der Waals surface area contributed by atoms with Crippen LogP contribution in [0, 0.1) is 11.8 Å². The Kier molecular flexibility index (Phi) is 25.6. The van der Waals surface area contributed by atoms with Crippen LogP contribution >= 0.6 is 11.8 Å². The average molecular weight is 948 g/mol. The van der Waals surface area contributed by atoms with E-state index in [9.17, 15) is 63.0 Å². The molecule has 1 aliphatic rings. The Morgan fingerprint density at radius 1 is 0.938 bits per heavy atom. The van der Waals surface area contributed by atoms with E-state index in [0.717, 1.165) is 4.90 Å². The van der Waals surface area contributed by atoms with Crippen molar-refractivity contribution in [2.75, 3.05) is 50.0 Å². The van der Waals surface area contributed by atoms with Gasteiger partial charge in [-0.2, -0.15) is 11.8 Å². The molecular formula is C38H65N11O13S2. The number of carbonyl (C=O) groups is 9. The molecule has 1 unspecified atom stereocenters. The number of likely N-dealkylation sites (tertiary alicyclic amines) is 1. The number of aliphatic hydroxyl groups excluding tert-OH is 3. The summed E-state index contributed by atoms with van der Waals surface area (Å²) >= 11 is -0.596. The second-order valence-corrected chi connectivity index (χ2v) is 17.8. The van der Waals surface area contributed by atoms with Crippen LogP contribution in [0.3, 0.4) is 0 Å². The second kappa shape index (κ2) is 28.7. The third-order valence-electron chi connectivity index (χ3n) is 9.89. The summed E-state index contributed by atoms with van der Waals surface area (Å²) in [5.41, 5.74) is 16.9. The van der Waals surface area contributed by atoms with Gasteiger partial charge in [0.1, 0.15) is 29.9 Å². The fraction of sp³-hybridized carbons (Fsp3) is 0.658. The lowest BCUT2D eigenvalue weighted by molar-refractivity contribution is -0.143. The van der Waals surface area contributed by atoms with E-state index >= 15 is 0 Å². The summed E-state index contributed by atoms with van der Waals surface area (Å²) in [7, 11) is 0. The molecule has 1 rings (SSSR count). The van der Waals surface area contributed by atoms with Gasteiger partial charge >= 0.3 is 0 Å². The van der Waals surface area contributed by atoms with Gasteiger partial charge in [0.15, 0.2) is 6.04 Å². The molecule has 26 heteroatoms. The minimum atomic E-state index is -2.13. The molecule has 1 fully saturated rings. The molecular weight excluding hydrogens is 883 g/mol. The van der Waals surface area contributed by atoms with Crippen LogP contribution in [0.5, 0.6) is 0 Å². The number of carbonyl (C=O) groups excluding carboxylic acids is 9. The first-order chi connectivity index (χ1) is 30.0. The first-order valence-corrected chi connectivity index (χ1v) is 22.8. The van der Waals surface area contributed by atoms with E-state index in [1.807, 2.05) is 0 Å². The van der Waals surface area contributed by atoms with Crippen LogP contribution < -0.4 is 54.4 Å². The van der Waals surface area contributed by atoms with Gasteiger partial charge in [-0.3, -0.25) is 43.2 Å². The smallest absolute Gasteiger partial charge is 0.248 e. The van der Waals surface area contributed by atoms with Crippen molar-refractivity contribution >= 4 is 76.1 Å². The van der Waals surface area contributed by atoms with Crippen LogP contribution in [0.4, 0.5) is 0 Å². The second-order valence-electron chi connectivity index (χ2n) is 15.1. The quantitative estimate of drug-likeness (QED) is 0.0245. The normalized spacial score (nSPS) is 18.7. The average Bonchev–Trinajstić information content (AvgIpc) is 3.63. The first kappa shape index (κ1) is 57.0. The van der Waals surface area contributed by atoms with Crippen molar-refractivity contribution in [3.05, 3.63) is 23.4 Å². The summed E-state index contributed by atoms with van der Waals surface area (Å²) in [6, 6.07) is -7.77. The number of β-amino-alcohol motifs (C(OH)–C–C–N with tert-alkyl or cyclic N) is 1. The molecule has 0 aliphatic carbocycles. The number of hydrogen-bond donors (Lipinski definition) is 13. The van der Waals surface area contributed by atoms with Crippen molar-refractivity contribution in [2.24, 2.45) is 29.0 Å². The number of hydrogen-bond acceptors (Lipinski definition) is 16. The maximum atomic E-state index is 14.0. The van der Waals surface area contributed by atoms with Gasteiger partial charge in [-0.1, -0.05) is 33.3 Å². The maximum Gasteiger partial charge on any atom is 0.248 e. The molecule has 24 nitrogen and oxygen atoms in total. The highest BCUT2D eigenvalue weighted by atomic mass is 32.2. The third kappa shape index (κ3) is 19.8. The van der Waals surface area contributed by atoms with Crippen LogP contribution in [0.15, 0.2) is 23.4 Å². The van der Waals surface area contributed by atoms with E-state index in [0.29, 0.717) is 30.2 Å². The predicted octanol–water partition coefficient (Wildman–Crippen LogP) is -6.06. The largest absolute Gasteiger partial charge is 0.610 e. The van der Waals surface area contributed by atoms with E-state index in [1.54, 1.807) is 26.8 Å². The highest BCUT2D eigenvalue weighted by Gasteiger charge is 2.44. The third-order valence-corrected chi connectivity index (χ3v) is 12.1. The molecule has 9 amide bonds. The number of nitrogens with one attached hydrogen (secondary N) is 7. The van der Waals surface area contributed by atoms with Gasteiger partial charge in [0.2, 0.25) is 58.2 Å². The molecule has 0 aromatic carbocycles. The van der Waals surface area contributed by atoms with E-state index in [4.69, 9.17) is 17.2 Å². The molecule has 0 saturated carbocycles. The number of nitrogens with zero attached hydrogens (tertiary/aromatic N) is 1. The topological polar surface area (TPSA) is 403 Å². The Hall–Kier alpha value is -4.99. The molecule has 0 aromatic heterocycles. The van der Waals surface area contributed by atoms with E-state index < -0.39 is 157 Å². The fourth-order valence-electron chi connectivity index (χ4n) is 6.05. The summed E-state index contributed by atoms with van der Waals surface area (Å²) in [6.45, 7) is 9.42. The number of thioether (sulfide) groups is 1. The molecule has 1 aliphatic heterocycles. The number of allylic oxidation sites excluding steroid dienone is 1. The predicted molar refractivity (Wildman–Crippen MR) is 236 cm³/mol. The lowest BCUT2D eigenvalue weighted by atomic mass is 9.95. The molecule has 0 radical (unpaired) electrons. The van der Waals surface area contributed by atoms with Crippen molar-refractivity contribution in [3.8, 4) is 0 Å². The van der Waals surface area contributed by atoms with Gasteiger partial charge in [0.25, 0.3) is 0 Å². The molecule has 0 spiro atoms. The number of rotatable bonds is 29. The molecule has 362 valence electrons. The number of nitrogens with two attached hydrogens (primary N) is 3. The van der Waals surface area contributed by atoms with Gasteiger partial charge in [-0.25, -0.2) is 0 Å². The Bertz CT molecular complexity index is 1710. The standard InChI is InChI=1S/C38H65N11O13S2/c1-7-19(2)32(47-31(56)14-42-22(5)51)37(60)43-15-30(55)45-26(18-64(62)23(6)44-20(3)8-10-63-11-9-39)35(58)46-25(13-29(40)54)38(61)49-16-24(52)12-27(49)36(59)48-33(34(41)57)21(4)28(53)17-50/h8,19,21,24-28,32-33,44,50,52-53H,6-7,9-18,39H2,1-5H3,(H2,40,54)(H2,41,57)(H,42,51)(H,43,60)(H,45,55)(H,46,58)(H,47,56)(H,48,59)/b20-8-/t19-,21-,24+,25-,26-,27-,28-,32-,33-,64?/m0/s1. The highest BCUT2D eigenvalue weighted by Crippen LogP contribution is 2.21. The minimum Gasteiger partial charge on any atom is -0.610 e. The maximum absolute atomic E-state index is 14.0. The van der Waals surface area contributed by atoms with Gasteiger partial charge in [-0.15, -0.1) is 0 Å². The van der Waals surface area contributed by atoms with Crippen LogP contribution in [0.1, 0.15) is 53.9 Å². The molecule has 16 N–H and O–H groups in total. The molecule has 0 aromatic rings. The number of aliphatic hydroxyl groups is 3. The molecule has 0 bridgehead atoms.